The van der Waals surface area contributed by atoms with Crippen molar-refractivity contribution in [3.8, 4) is 11.5 Å². The topological polar surface area (TPSA) is 173 Å². The highest BCUT2D eigenvalue weighted by Gasteiger charge is 2.46. The maximum absolute atomic E-state index is 14.0. The van der Waals surface area contributed by atoms with Gasteiger partial charge in [-0.1, -0.05) is 24.6 Å². The van der Waals surface area contributed by atoms with E-state index in [-0.39, 0.29) is 72.3 Å². The Morgan fingerprint density at radius 2 is 1.77 bits per heavy atom. The molecule has 3 aliphatic rings. The van der Waals surface area contributed by atoms with Gasteiger partial charge < -0.3 is 20.1 Å². The molecule has 57 heavy (non-hydrogen) atoms. The van der Waals surface area contributed by atoms with Gasteiger partial charge in [0.15, 0.2) is 6.61 Å². The second kappa shape index (κ2) is 17.1. The minimum absolute atomic E-state index is 0.00311. The Hall–Kier alpha value is -5.89. The summed E-state index contributed by atoms with van der Waals surface area (Å²) in [4.78, 5) is 81.4. The van der Waals surface area contributed by atoms with Gasteiger partial charge in [0.2, 0.25) is 17.7 Å². The number of imide groups is 2. The van der Waals surface area contributed by atoms with Crippen LogP contribution in [0.2, 0.25) is 5.02 Å². The first-order valence-corrected chi connectivity index (χ1v) is 19.4. The Balaban J connectivity index is 0.842. The molecule has 1 aromatic heterocycles. The molecule has 13 nitrogen and oxygen atoms in total. The highest BCUT2D eigenvalue weighted by molar-refractivity contribution is 6.32. The van der Waals surface area contributed by atoms with Crippen molar-refractivity contribution in [3.63, 3.8) is 0 Å². The summed E-state index contributed by atoms with van der Waals surface area (Å²) in [6, 6.07) is 15.0. The number of ether oxygens (including phenoxy) is 2. The fourth-order valence-corrected chi connectivity index (χ4v) is 8.04. The maximum atomic E-state index is 14.0. The number of nitrogens with one attached hydrogen (secondary N) is 3. The zero-order valence-corrected chi connectivity index (χ0v) is 31.9. The number of halogens is 2. The van der Waals surface area contributed by atoms with Gasteiger partial charge in [0.1, 0.15) is 23.4 Å². The van der Waals surface area contributed by atoms with Crippen LogP contribution in [0.15, 0.2) is 66.9 Å². The van der Waals surface area contributed by atoms with E-state index in [1.54, 1.807) is 36.5 Å². The Labute approximate surface area is 332 Å². The van der Waals surface area contributed by atoms with E-state index in [1.165, 1.54) is 24.3 Å². The lowest BCUT2D eigenvalue weighted by Crippen LogP contribution is -2.54. The van der Waals surface area contributed by atoms with Crippen molar-refractivity contribution in [2.75, 3.05) is 25.1 Å². The van der Waals surface area contributed by atoms with Crippen molar-refractivity contribution in [3.05, 3.63) is 94.4 Å². The molecular weight excluding hydrogens is 757 g/mol. The molecule has 296 valence electrons. The van der Waals surface area contributed by atoms with Crippen LogP contribution in [0.3, 0.4) is 0 Å². The van der Waals surface area contributed by atoms with Crippen LogP contribution in [0.5, 0.6) is 11.5 Å². The number of anilines is 1. The maximum Gasteiger partial charge on any atom is 0.266 e. The summed E-state index contributed by atoms with van der Waals surface area (Å²) in [5.41, 5.74) is 2.43. The molecule has 1 saturated carbocycles. The summed E-state index contributed by atoms with van der Waals surface area (Å²) < 4.78 is 25.5. The third-order valence-electron chi connectivity index (χ3n) is 11.0. The first-order valence-electron chi connectivity index (χ1n) is 19.0. The van der Waals surface area contributed by atoms with Gasteiger partial charge in [-0.3, -0.25) is 44.0 Å². The summed E-state index contributed by atoms with van der Waals surface area (Å²) in [6.07, 6.45) is 5.74. The van der Waals surface area contributed by atoms with Gasteiger partial charge in [-0.05, 0) is 104 Å². The normalized spacial score (nSPS) is 19.8. The molecule has 15 heteroatoms. The van der Waals surface area contributed by atoms with E-state index in [9.17, 15) is 33.2 Å². The number of carbonyl (C=O) groups excluding carboxylic acids is 6. The summed E-state index contributed by atoms with van der Waals surface area (Å²) in [5.74, 6) is -2.81. The Kier molecular flexibility index (Phi) is 11.8. The lowest BCUT2D eigenvalue weighted by Gasteiger charge is -2.32. The number of hydrogen-bond acceptors (Lipinski definition) is 9. The molecular formula is C42H41ClFN5O8. The first-order chi connectivity index (χ1) is 27.5. The average molecular weight is 798 g/mol. The molecule has 2 atom stereocenters. The van der Waals surface area contributed by atoms with E-state index < -0.39 is 42.2 Å². The Morgan fingerprint density at radius 1 is 0.965 bits per heavy atom. The monoisotopic (exact) mass is 797 g/mol. The Bertz CT molecular complexity index is 2260. The largest absolute Gasteiger partial charge is 0.492 e. The third kappa shape index (κ3) is 8.60. The van der Waals surface area contributed by atoms with Crippen LogP contribution in [-0.4, -0.2) is 71.1 Å². The number of nitrogens with zero attached hydrogens (tertiary/aromatic N) is 2. The number of pyridine rings is 1. The van der Waals surface area contributed by atoms with Crippen molar-refractivity contribution >= 4 is 63.6 Å². The summed E-state index contributed by atoms with van der Waals surface area (Å²) in [5, 5.41) is 9.07. The van der Waals surface area contributed by atoms with Gasteiger partial charge in [-0.2, -0.15) is 0 Å². The molecule has 1 saturated heterocycles. The summed E-state index contributed by atoms with van der Waals surface area (Å²) >= 11 is 6.38. The molecule has 7 rings (SSSR count). The second-order valence-electron chi connectivity index (χ2n) is 14.6. The fraction of sp³-hybridized carbons (Fsp3) is 0.357. The van der Waals surface area contributed by atoms with Gasteiger partial charge in [0, 0.05) is 42.2 Å². The van der Waals surface area contributed by atoms with Crippen LogP contribution in [0.4, 0.5) is 10.1 Å². The Morgan fingerprint density at radius 3 is 2.56 bits per heavy atom. The fourth-order valence-electron chi connectivity index (χ4n) is 7.87. The molecule has 0 spiro atoms. The molecule has 1 unspecified atom stereocenters. The molecule has 3 aromatic carbocycles. The number of hydrogen-bond donors (Lipinski definition) is 3. The quantitative estimate of drug-likeness (QED) is 0.109. The smallest absolute Gasteiger partial charge is 0.266 e. The number of aromatic nitrogens is 1. The van der Waals surface area contributed by atoms with Crippen molar-refractivity contribution in [1.29, 1.82) is 0 Å². The minimum Gasteiger partial charge on any atom is -0.492 e. The minimum atomic E-state index is -1.12. The van der Waals surface area contributed by atoms with Crippen LogP contribution in [0, 0.1) is 17.7 Å². The molecule has 3 N–H and O–H groups in total. The number of piperidine rings is 1. The van der Waals surface area contributed by atoms with Gasteiger partial charge in [-0.25, -0.2) is 4.39 Å². The van der Waals surface area contributed by atoms with E-state index in [0.717, 1.165) is 47.0 Å². The zero-order valence-electron chi connectivity index (χ0n) is 31.1. The summed E-state index contributed by atoms with van der Waals surface area (Å²) in [6.45, 7) is 1.94. The molecule has 0 bridgehead atoms. The molecule has 1 aliphatic carbocycles. The molecule has 2 aliphatic heterocycles. The van der Waals surface area contributed by atoms with Crippen molar-refractivity contribution in [2.45, 2.75) is 63.8 Å². The van der Waals surface area contributed by atoms with Crippen molar-refractivity contribution in [1.82, 2.24) is 20.5 Å². The van der Waals surface area contributed by atoms with Crippen molar-refractivity contribution < 1.29 is 42.6 Å². The predicted octanol–water partition coefficient (Wildman–Crippen LogP) is 5.94. The van der Waals surface area contributed by atoms with Gasteiger partial charge in [0.25, 0.3) is 17.7 Å². The van der Waals surface area contributed by atoms with E-state index in [2.05, 4.69) is 20.9 Å². The lowest BCUT2D eigenvalue weighted by molar-refractivity contribution is -0.136. The molecule has 3 heterocycles. The van der Waals surface area contributed by atoms with Gasteiger partial charge in [-0.15, -0.1) is 0 Å². The molecule has 4 aromatic rings. The zero-order chi connectivity index (χ0) is 40.2. The summed E-state index contributed by atoms with van der Waals surface area (Å²) in [7, 11) is 0. The number of fused-ring (bicyclic) bond motifs is 2. The van der Waals surface area contributed by atoms with Crippen LogP contribution >= 0.6 is 11.6 Å². The van der Waals surface area contributed by atoms with Crippen molar-refractivity contribution in [2.24, 2.45) is 11.8 Å². The second-order valence-corrected chi connectivity index (χ2v) is 15.0. The average Bonchev–Trinajstić information content (AvgIpc) is 3.46. The molecule has 0 radical (unpaired) electrons. The van der Waals surface area contributed by atoms with Crippen LogP contribution in [0.25, 0.3) is 10.9 Å². The van der Waals surface area contributed by atoms with Crippen LogP contribution in [0.1, 0.15) is 84.1 Å². The standard InChI is InChI=1S/C42H41ClFN5O8/c1-23(24-6-8-25(9-7-24)28-16-18-45-32-13-10-26(44)20-30(28)32)39(52)47-27-11-12-31(43)35(21-27)56-19-3-17-46-37(51)22-57-34-5-2-4-29-38(34)42(55)49(41(29)54)33-14-15-36(50)48-40(33)53/h2,4-5,10-13,16,18,20-21,23-25,33H,3,6-9,14-15,17,19,22H2,1H3,(H,46,51)(H,47,52)(H,48,50,53)/t23-,24?,25?,33?/m1/s1. The van der Waals surface area contributed by atoms with Crippen LogP contribution < -0.4 is 25.4 Å². The molecule has 2 fully saturated rings. The van der Waals surface area contributed by atoms with Gasteiger partial charge >= 0.3 is 0 Å². The SMILES string of the molecule is C[C@@H](C(=O)Nc1ccc(Cl)c(OCCCNC(=O)COc2cccc3c2C(=O)N(C2CCC(=O)NC2=O)C3=O)c1)C1CCC(c2ccnc3ccc(F)cc23)CC1. The van der Waals surface area contributed by atoms with E-state index in [1.807, 2.05) is 13.0 Å². The highest BCUT2D eigenvalue weighted by Crippen LogP contribution is 2.41. The first kappa shape index (κ1) is 39.3. The lowest BCUT2D eigenvalue weighted by atomic mass is 9.73. The van der Waals surface area contributed by atoms with E-state index >= 15 is 0 Å². The van der Waals surface area contributed by atoms with E-state index in [0.29, 0.717) is 22.9 Å². The highest BCUT2D eigenvalue weighted by atomic mass is 35.5. The number of benzene rings is 3. The molecule has 6 amide bonds. The number of carbonyl (C=O) groups is 6. The predicted molar refractivity (Wildman–Crippen MR) is 207 cm³/mol. The van der Waals surface area contributed by atoms with E-state index in [4.69, 9.17) is 21.1 Å². The van der Waals surface area contributed by atoms with Crippen LogP contribution in [-0.2, 0) is 19.2 Å². The van der Waals surface area contributed by atoms with Gasteiger partial charge in [0.05, 0.1) is 28.3 Å². The number of rotatable bonds is 13. The number of amides is 6. The third-order valence-corrected chi connectivity index (χ3v) is 11.3.